The molecule has 2 aromatic rings. The molecule has 1 fully saturated rings. The lowest BCUT2D eigenvalue weighted by Gasteiger charge is -2.34. The fourth-order valence-electron chi connectivity index (χ4n) is 4.44. The highest BCUT2D eigenvalue weighted by Gasteiger charge is 2.34. The lowest BCUT2D eigenvalue weighted by molar-refractivity contribution is -0.136. The van der Waals surface area contributed by atoms with Gasteiger partial charge in [-0.1, -0.05) is 30.3 Å². The lowest BCUT2D eigenvalue weighted by atomic mass is 9.88. The maximum absolute atomic E-state index is 12.1. The minimum absolute atomic E-state index is 0.0357. The topological polar surface area (TPSA) is 76.1 Å². The largest absolute Gasteiger partial charge is 0.490 e. The number of hydrogen-bond donors (Lipinski definition) is 1. The first-order valence-electron chi connectivity index (χ1n) is 11.0. The number of aliphatic carboxylic acids is 1. The van der Waals surface area contributed by atoms with Crippen LogP contribution in [0.5, 0.6) is 5.75 Å². The fourth-order valence-corrected chi connectivity index (χ4v) is 4.44. The highest BCUT2D eigenvalue weighted by Crippen LogP contribution is 2.37. The summed E-state index contributed by atoms with van der Waals surface area (Å²) in [7, 11) is 0. The van der Waals surface area contributed by atoms with Crippen LogP contribution in [0.15, 0.2) is 42.5 Å². The summed E-state index contributed by atoms with van der Waals surface area (Å²) in [6.45, 7) is 5.15. The SMILES string of the molecule is CC(C)OC(=O)N1CCC(C2Cc3cc(-c4ccc(CC(=O)O)cc4)ccc3O2)CC1. The summed E-state index contributed by atoms with van der Waals surface area (Å²) in [4.78, 5) is 24.8. The van der Waals surface area contributed by atoms with Gasteiger partial charge in [0.2, 0.25) is 0 Å². The number of ether oxygens (including phenoxy) is 2. The van der Waals surface area contributed by atoms with E-state index >= 15 is 0 Å². The summed E-state index contributed by atoms with van der Waals surface area (Å²) in [6, 6.07) is 13.9. The second-order valence-corrected chi connectivity index (χ2v) is 8.71. The number of benzene rings is 2. The zero-order chi connectivity index (χ0) is 22.0. The minimum atomic E-state index is -0.823. The van der Waals surface area contributed by atoms with Crippen molar-refractivity contribution < 1.29 is 24.2 Å². The average Bonchev–Trinajstić information content (AvgIpc) is 3.17. The van der Waals surface area contributed by atoms with E-state index in [1.807, 2.05) is 44.2 Å². The quantitative estimate of drug-likeness (QED) is 0.764. The van der Waals surface area contributed by atoms with Crippen molar-refractivity contribution in [2.45, 2.75) is 51.7 Å². The molecule has 2 aromatic carbocycles. The first-order chi connectivity index (χ1) is 14.9. The zero-order valence-electron chi connectivity index (χ0n) is 18.0. The summed E-state index contributed by atoms with van der Waals surface area (Å²) in [6.07, 6.45) is 2.58. The molecule has 1 saturated heterocycles. The molecule has 2 aliphatic heterocycles. The van der Waals surface area contributed by atoms with Crippen molar-refractivity contribution in [2.24, 2.45) is 5.92 Å². The van der Waals surface area contributed by atoms with Gasteiger partial charge in [-0.2, -0.15) is 0 Å². The van der Waals surface area contributed by atoms with Crippen LogP contribution in [0.2, 0.25) is 0 Å². The number of likely N-dealkylation sites (tertiary alicyclic amines) is 1. The van der Waals surface area contributed by atoms with Crippen LogP contribution in [0, 0.1) is 5.92 Å². The van der Waals surface area contributed by atoms with Gasteiger partial charge in [-0.05, 0) is 67.0 Å². The van der Waals surface area contributed by atoms with Gasteiger partial charge in [0.05, 0.1) is 12.5 Å². The zero-order valence-corrected chi connectivity index (χ0v) is 18.0. The Balaban J connectivity index is 1.37. The number of hydrogen-bond acceptors (Lipinski definition) is 4. The molecule has 0 aromatic heterocycles. The van der Waals surface area contributed by atoms with Crippen LogP contribution in [-0.4, -0.2) is 47.4 Å². The normalized spacial score (nSPS) is 18.5. The summed E-state index contributed by atoms with van der Waals surface area (Å²) < 4.78 is 11.6. The molecule has 6 heteroatoms. The summed E-state index contributed by atoms with van der Waals surface area (Å²) in [5.41, 5.74) is 4.18. The molecule has 0 bridgehead atoms. The molecule has 0 aliphatic carbocycles. The Morgan fingerprint density at radius 1 is 1.10 bits per heavy atom. The first-order valence-corrected chi connectivity index (χ1v) is 11.0. The number of carboxylic acid groups (broad SMARTS) is 1. The maximum Gasteiger partial charge on any atom is 0.410 e. The maximum atomic E-state index is 12.1. The number of amides is 1. The molecule has 1 N–H and O–H groups in total. The van der Waals surface area contributed by atoms with Crippen molar-refractivity contribution in [3.8, 4) is 16.9 Å². The Hall–Kier alpha value is -3.02. The molecule has 0 radical (unpaired) electrons. The van der Waals surface area contributed by atoms with Crippen LogP contribution in [0.4, 0.5) is 4.79 Å². The first kappa shape index (κ1) is 21.2. The Bertz CT molecular complexity index is 945. The van der Waals surface area contributed by atoms with Gasteiger partial charge in [-0.15, -0.1) is 0 Å². The Morgan fingerprint density at radius 2 is 1.77 bits per heavy atom. The van der Waals surface area contributed by atoms with E-state index in [0.717, 1.165) is 41.7 Å². The van der Waals surface area contributed by atoms with Crippen molar-refractivity contribution in [3.05, 3.63) is 53.6 Å². The Labute approximate surface area is 182 Å². The van der Waals surface area contributed by atoms with Crippen LogP contribution in [0.1, 0.15) is 37.8 Å². The fraction of sp³-hybridized carbons (Fsp3) is 0.440. The number of nitrogens with zero attached hydrogens (tertiary/aromatic N) is 1. The van der Waals surface area contributed by atoms with Crippen LogP contribution in [0.25, 0.3) is 11.1 Å². The van der Waals surface area contributed by atoms with E-state index in [4.69, 9.17) is 14.6 Å². The summed E-state index contributed by atoms with van der Waals surface area (Å²) >= 11 is 0. The average molecular weight is 424 g/mol. The molecule has 1 amide bonds. The number of rotatable bonds is 5. The molecular weight excluding hydrogens is 394 g/mol. The van der Waals surface area contributed by atoms with Gasteiger partial charge in [0, 0.05) is 19.5 Å². The second-order valence-electron chi connectivity index (χ2n) is 8.71. The third-order valence-electron chi connectivity index (χ3n) is 6.06. The van der Waals surface area contributed by atoms with E-state index in [9.17, 15) is 9.59 Å². The Morgan fingerprint density at radius 3 is 2.42 bits per heavy atom. The van der Waals surface area contributed by atoms with Gasteiger partial charge >= 0.3 is 12.1 Å². The molecule has 0 saturated carbocycles. The molecule has 2 heterocycles. The van der Waals surface area contributed by atoms with Gasteiger partial charge in [0.1, 0.15) is 11.9 Å². The predicted octanol–water partition coefficient (Wildman–Crippen LogP) is 4.54. The smallest absolute Gasteiger partial charge is 0.410 e. The number of fused-ring (bicyclic) bond motifs is 1. The lowest BCUT2D eigenvalue weighted by Crippen LogP contribution is -2.43. The number of carbonyl (C=O) groups excluding carboxylic acids is 1. The highest BCUT2D eigenvalue weighted by atomic mass is 16.6. The highest BCUT2D eigenvalue weighted by molar-refractivity contribution is 5.71. The molecule has 0 spiro atoms. The Kier molecular flexibility index (Phi) is 6.16. The van der Waals surface area contributed by atoms with Crippen LogP contribution in [0.3, 0.4) is 0 Å². The van der Waals surface area contributed by atoms with Gasteiger partial charge in [-0.3, -0.25) is 4.79 Å². The third kappa shape index (κ3) is 5.01. The molecule has 4 rings (SSSR count). The molecule has 1 atom stereocenters. The van der Waals surface area contributed by atoms with Gasteiger partial charge in [0.15, 0.2) is 0 Å². The predicted molar refractivity (Wildman–Crippen MR) is 117 cm³/mol. The second kappa shape index (κ2) is 9.00. The van der Waals surface area contributed by atoms with Gasteiger partial charge in [-0.25, -0.2) is 4.79 Å². The molecule has 164 valence electrons. The third-order valence-corrected chi connectivity index (χ3v) is 6.06. The number of carbonyl (C=O) groups is 2. The van der Waals surface area contributed by atoms with E-state index in [0.29, 0.717) is 19.0 Å². The summed E-state index contributed by atoms with van der Waals surface area (Å²) in [5, 5.41) is 8.93. The van der Waals surface area contributed by atoms with Crippen molar-refractivity contribution in [2.75, 3.05) is 13.1 Å². The summed E-state index contributed by atoms with van der Waals surface area (Å²) in [5.74, 6) is 0.545. The number of piperidine rings is 1. The van der Waals surface area contributed by atoms with E-state index in [1.165, 1.54) is 5.56 Å². The van der Waals surface area contributed by atoms with Crippen molar-refractivity contribution in [1.29, 1.82) is 0 Å². The van der Waals surface area contributed by atoms with E-state index in [2.05, 4.69) is 12.1 Å². The van der Waals surface area contributed by atoms with Crippen molar-refractivity contribution in [3.63, 3.8) is 0 Å². The van der Waals surface area contributed by atoms with Gasteiger partial charge < -0.3 is 19.5 Å². The molecule has 1 unspecified atom stereocenters. The van der Waals surface area contributed by atoms with Crippen molar-refractivity contribution >= 4 is 12.1 Å². The van der Waals surface area contributed by atoms with Crippen LogP contribution < -0.4 is 4.74 Å². The van der Waals surface area contributed by atoms with E-state index in [1.54, 1.807) is 4.90 Å². The van der Waals surface area contributed by atoms with Crippen LogP contribution >= 0.6 is 0 Å². The van der Waals surface area contributed by atoms with E-state index < -0.39 is 5.97 Å². The molecule has 2 aliphatic rings. The van der Waals surface area contributed by atoms with Gasteiger partial charge in [0.25, 0.3) is 0 Å². The van der Waals surface area contributed by atoms with Crippen molar-refractivity contribution in [1.82, 2.24) is 4.90 Å². The number of carboxylic acids is 1. The molecule has 6 nitrogen and oxygen atoms in total. The van der Waals surface area contributed by atoms with E-state index in [-0.39, 0.29) is 24.7 Å². The van der Waals surface area contributed by atoms with Crippen LogP contribution in [-0.2, 0) is 22.4 Å². The monoisotopic (exact) mass is 423 g/mol. The molecule has 31 heavy (non-hydrogen) atoms. The minimum Gasteiger partial charge on any atom is -0.490 e. The standard InChI is InChI=1S/C25H29NO5/c1-16(2)30-25(29)26-11-9-19(10-12-26)23-15-21-14-20(7-8-22(21)31-23)18-5-3-17(4-6-18)13-24(27)28/h3-8,14,16,19,23H,9-13,15H2,1-2H3,(H,27,28). The molecular formula is C25H29NO5.